The Bertz CT molecular complexity index is 711. The van der Waals surface area contributed by atoms with Crippen molar-refractivity contribution in [3.63, 3.8) is 0 Å². The Hall–Kier alpha value is -2.64. The first-order valence-corrected chi connectivity index (χ1v) is 9.90. The topological polar surface area (TPSA) is 108 Å². The molecule has 0 unspecified atom stereocenters. The van der Waals surface area contributed by atoms with E-state index in [1.165, 1.54) is 19.3 Å². The summed E-state index contributed by atoms with van der Waals surface area (Å²) in [5, 5.41) is 16.4. The zero-order chi connectivity index (χ0) is 18.9. The standard InChI is InChI=1S/C19H29N7O/c1-2-3-10-20-19-22-13-16(18(27)21-12-15-9-11-23-26-15)17(25-19)24-14-7-5-4-6-8-14/h9,11,13-14H,2-8,10,12H2,1H3,(H,21,27)(H,23,26)(H2,20,22,24,25). The Morgan fingerprint density at radius 2 is 2.15 bits per heavy atom. The van der Waals surface area contributed by atoms with Gasteiger partial charge in [0.1, 0.15) is 11.4 Å². The number of aromatic nitrogens is 4. The number of nitrogens with one attached hydrogen (secondary N) is 4. The van der Waals surface area contributed by atoms with Gasteiger partial charge < -0.3 is 16.0 Å². The highest BCUT2D eigenvalue weighted by molar-refractivity contribution is 5.98. The Labute approximate surface area is 160 Å². The van der Waals surface area contributed by atoms with E-state index in [2.05, 4.69) is 43.0 Å². The average Bonchev–Trinajstić information content (AvgIpc) is 3.21. The van der Waals surface area contributed by atoms with E-state index in [1.54, 1.807) is 12.4 Å². The van der Waals surface area contributed by atoms with Crippen molar-refractivity contribution >= 4 is 17.7 Å². The van der Waals surface area contributed by atoms with Gasteiger partial charge in [-0.1, -0.05) is 32.6 Å². The van der Waals surface area contributed by atoms with Crippen LogP contribution in [0, 0.1) is 0 Å². The summed E-state index contributed by atoms with van der Waals surface area (Å²) < 4.78 is 0. The molecule has 2 heterocycles. The van der Waals surface area contributed by atoms with Crippen molar-refractivity contribution in [1.82, 2.24) is 25.5 Å². The van der Waals surface area contributed by atoms with Crippen molar-refractivity contribution < 1.29 is 4.79 Å². The lowest BCUT2D eigenvalue weighted by Crippen LogP contribution is -2.28. The third-order valence-corrected chi connectivity index (χ3v) is 4.79. The van der Waals surface area contributed by atoms with Crippen molar-refractivity contribution in [2.45, 2.75) is 64.5 Å². The maximum Gasteiger partial charge on any atom is 0.256 e. The maximum absolute atomic E-state index is 12.7. The Kier molecular flexibility index (Phi) is 7.01. The monoisotopic (exact) mass is 371 g/mol. The molecule has 2 aromatic rings. The van der Waals surface area contributed by atoms with Gasteiger partial charge in [-0.2, -0.15) is 10.1 Å². The van der Waals surface area contributed by atoms with Gasteiger partial charge in [0.2, 0.25) is 5.95 Å². The van der Waals surface area contributed by atoms with Gasteiger partial charge in [-0.25, -0.2) is 4.98 Å². The Balaban J connectivity index is 1.71. The van der Waals surface area contributed by atoms with E-state index < -0.39 is 0 Å². The summed E-state index contributed by atoms with van der Waals surface area (Å²) in [6.45, 7) is 3.36. The van der Waals surface area contributed by atoms with Crippen LogP contribution in [0.1, 0.15) is 67.9 Å². The minimum absolute atomic E-state index is 0.192. The number of unbranched alkanes of at least 4 members (excludes halogenated alkanes) is 1. The van der Waals surface area contributed by atoms with Crippen LogP contribution in [0.5, 0.6) is 0 Å². The van der Waals surface area contributed by atoms with E-state index in [9.17, 15) is 4.79 Å². The highest BCUT2D eigenvalue weighted by Crippen LogP contribution is 2.23. The van der Waals surface area contributed by atoms with Gasteiger partial charge in [0.25, 0.3) is 5.91 Å². The summed E-state index contributed by atoms with van der Waals surface area (Å²) in [6, 6.07) is 2.19. The smallest absolute Gasteiger partial charge is 0.256 e. The van der Waals surface area contributed by atoms with Crippen LogP contribution in [0.3, 0.4) is 0 Å². The Morgan fingerprint density at radius 3 is 2.89 bits per heavy atom. The molecule has 4 N–H and O–H groups in total. The SMILES string of the molecule is CCCCNc1ncc(C(=O)NCc2ccn[nH]2)c(NC2CCCCC2)n1. The van der Waals surface area contributed by atoms with Gasteiger partial charge in [0.05, 0.1) is 12.2 Å². The van der Waals surface area contributed by atoms with Gasteiger partial charge in [0.15, 0.2) is 0 Å². The molecule has 2 aromatic heterocycles. The van der Waals surface area contributed by atoms with Gasteiger partial charge in [0, 0.05) is 25.0 Å². The first-order chi connectivity index (χ1) is 13.3. The molecule has 0 aromatic carbocycles. The first-order valence-electron chi connectivity index (χ1n) is 9.90. The molecule has 0 aliphatic heterocycles. The van der Waals surface area contributed by atoms with E-state index in [0.717, 1.165) is 37.9 Å². The van der Waals surface area contributed by atoms with Crippen molar-refractivity contribution in [2.24, 2.45) is 0 Å². The highest BCUT2D eigenvalue weighted by atomic mass is 16.1. The largest absolute Gasteiger partial charge is 0.367 e. The summed E-state index contributed by atoms with van der Waals surface area (Å²) in [7, 11) is 0. The van der Waals surface area contributed by atoms with E-state index in [-0.39, 0.29) is 5.91 Å². The highest BCUT2D eigenvalue weighted by Gasteiger charge is 2.19. The van der Waals surface area contributed by atoms with Gasteiger partial charge in [-0.3, -0.25) is 9.89 Å². The van der Waals surface area contributed by atoms with Crippen LogP contribution in [-0.4, -0.2) is 38.7 Å². The minimum Gasteiger partial charge on any atom is -0.367 e. The van der Waals surface area contributed by atoms with Gasteiger partial charge in [-0.15, -0.1) is 0 Å². The predicted molar refractivity (Wildman–Crippen MR) is 106 cm³/mol. The lowest BCUT2D eigenvalue weighted by molar-refractivity contribution is 0.0950. The molecule has 8 nitrogen and oxygen atoms in total. The fourth-order valence-electron chi connectivity index (χ4n) is 3.21. The van der Waals surface area contributed by atoms with Crippen molar-refractivity contribution in [2.75, 3.05) is 17.2 Å². The first kappa shape index (κ1) is 19.1. The number of H-pyrrole nitrogens is 1. The van der Waals surface area contributed by atoms with Crippen LogP contribution < -0.4 is 16.0 Å². The third kappa shape index (κ3) is 5.67. The summed E-state index contributed by atoms with van der Waals surface area (Å²) in [5.74, 6) is 0.980. The molecule has 3 rings (SSSR count). The van der Waals surface area contributed by atoms with Gasteiger partial charge >= 0.3 is 0 Å². The molecular weight excluding hydrogens is 342 g/mol. The van der Waals surface area contributed by atoms with E-state index in [1.807, 2.05) is 6.07 Å². The summed E-state index contributed by atoms with van der Waals surface area (Å²) >= 11 is 0. The lowest BCUT2D eigenvalue weighted by Gasteiger charge is -2.24. The predicted octanol–water partition coefficient (Wildman–Crippen LogP) is 3.09. The molecule has 1 aliphatic rings. The molecule has 0 bridgehead atoms. The number of anilines is 2. The molecule has 0 saturated heterocycles. The molecule has 1 fully saturated rings. The quantitative estimate of drug-likeness (QED) is 0.505. The van der Waals surface area contributed by atoms with E-state index in [0.29, 0.717) is 29.9 Å². The fourth-order valence-corrected chi connectivity index (χ4v) is 3.21. The number of carbonyl (C=O) groups is 1. The third-order valence-electron chi connectivity index (χ3n) is 4.79. The van der Waals surface area contributed by atoms with Crippen molar-refractivity contribution in [3.05, 3.63) is 29.7 Å². The normalized spacial score (nSPS) is 14.7. The number of hydrogen-bond acceptors (Lipinski definition) is 6. The maximum atomic E-state index is 12.7. The van der Waals surface area contributed by atoms with Gasteiger partial charge in [-0.05, 0) is 25.3 Å². The van der Waals surface area contributed by atoms with Crippen molar-refractivity contribution in [3.8, 4) is 0 Å². The molecule has 1 amide bonds. The summed E-state index contributed by atoms with van der Waals surface area (Å²) in [4.78, 5) is 21.6. The lowest BCUT2D eigenvalue weighted by atomic mass is 9.95. The number of carbonyl (C=O) groups excluding carboxylic acids is 1. The minimum atomic E-state index is -0.192. The molecule has 0 atom stereocenters. The average molecular weight is 371 g/mol. The number of hydrogen-bond donors (Lipinski definition) is 4. The summed E-state index contributed by atoms with van der Waals surface area (Å²) in [5.41, 5.74) is 1.32. The Morgan fingerprint density at radius 1 is 1.30 bits per heavy atom. The van der Waals surface area contributed by atoms with Crippen molar-refractivity contribution in [1.29, 1.82) is 0 Å². The van der Waals surface area contributed by atoms with Crippen LogP contribution >= 0.6 is 0 Å². The zero-order valence-electron chi connectivity index (χ0n) is 15.9. The molecular formula is C19H29N7O. The second-order valence-electron chi connectivity index (χ2n) is 6.98. The van der Waals surface area contributed by atoms with Crippen LogP contribution in [0.2, 0.25) is 0 Å². The van der Waals surface area contributed by atoms with E-state index in [4.69, 9.17) is 0 Å². The molecule has 27 heavy (non-hydrogen) atoms. The second-order valence-corrected chi connectivity index (χ2v) is 6.98. The number of nitrogens with zero attached hydrogens (tertiary/aromatic N) is 3. The summed E-state index contributed by atoms with van der Waals surface area (Å²) in [6.07, 6.45) is 11.4. The van der Waals surface area contributed by atoms with Crippen LogP contribution in [0.25, 0.3) is 0 Å². The zero-order valence-corrected chi connectivity index (χ0v) is 15.9. The number of amides is 1. The van der Waals surface area contributed by atoms with Crippen LogP contribution in [-0.2, 0) is 6.54 Å². The molecule has 1 aliphatic carbocycles. The second kappa shape index (κ2) is 9.89. The van der Waals surface area contributed by atoms with E-state index >= 15 is 0 Å². The molecule has 8 heteroatoms. The number of rotatable bonds is 9. The molecule has 1 saturated carbocycles. The molecule has 0 radical (unpaired) electrons. The molecule has 0 spiro atoms. The molecule has 146 valence electrons. The van der Waals surface area contributed by atoms with Crippen LogP contribution in [0.15, 0.2) is 18.5 Å². The van der Waals surface area contributed by atoms with Crippen LogP contribution in [0.4, 0.5) is 11.8 Å². The fraction of sp³-hybridized carbons (Fsp3) is 0.579. The number of aromatic amines is 1.